The van der Waals surface area contributed by atoms with E-state index in [2.05, 4.69) is 15.9 Å². The number of carbonyl (C=O) groups excluding carboxylic acids is 1. The molecule has 0 fully saturated rings. The first-order valence-electron chi connectivity index (χ1n) is 3.90. The van der Waals surface area contributed by atoms with Crippen LogP contribution in [0.3, 0.4) is 0 Å². The van der Waals surface area contributed by atoms with Crippen molar-refractivity contribution in [3.05, 3.63) is 39.9 Å². The van der Waals surface area contributed by atoms with Gasteiger partial charge in [-0.3, -0.25) is 0 Å². The number of carbonyl (C=O) groups is 1. The van der Waals surface area contributed by atoms with Crippen LogP contribution in [0.15, 0.2) is 22.7 Å². The van der Waals surface area contributed by atoms with Gasteiger partial charge in [-0.05, 0) is 33.6 Å². The summed E-state index contributed by atoms with van der Waals surface area (Å²) >= 11 is 2.76. The molecule has 1 aromatic carbocycles. The molecule has 4 heteroatoms. The highest BCUT2D eigenvalue weighted by molar-refractivity contribution is 9.10. The number of hydrogen-bond donors (Lipinski definition) is 0. The Kier molecular flexibility index (Phi) is 3.95. The number of allylic oxidation sites excluding steroid dienone is 1. The van der Waals surface area contributed by atoms with E-state index in [9.17, 15) is 13.6 Å². The average molecular weight is 261 g/mol. The Morgan fingerprint density at radius 3 is 2.36 bits per heavy atom. The predicted octanol–water partition coefficient (Wildman–Crippen LogP) is 3.33. The van der Waals surface area contributed by atoms with Crippen molar-refractivity contribution in [3.63, 3.8) is 0 Å². The van der Waals surface area contributed by atoms with E-state index in [4.69, 9.17) is 0 Å². The van der Waals surface area contributed by atoms with Gasteiger partial charge in [0.05, 0.1) is 4.47 Å². The lowest BCUT2D eigenvalue weighted by atomic mass is 10.2. The molecule has 0 spiro atoms. The van der Waals surface area contributed by atoms with Gasteiger partial charge in [0.2, 0.25) is 0 Å². The first-order valence-corrected chi connectivity index (χ1v) is 4.69. The zero-order valence-corrected chi connectivity index (χ0v) is 8.72. The van der Waals surface area contributed by atoms with Crippen molar-refractivity contribution in [2.24, 2.45) is 0 Å². The number of hydrogen-bond acceptors (Lipinski definition) is 1. The monoisotopic (exact) mass is 260 g/mol. The molecule has 0 radical (unpaired) electrons. The van der Waals surface area contributed by atoms with E-state index in [1.165, 1.54) is 24.3 Å². The van der Waals surface area contributed by atoms with E-state index in [1.807, 2.05) is 0 Å². The second-order valence-electron chi connectivity index (χ2n) is 2.60. The van der Waals surface area contributed by atoms with E-state index < -0.39 is 11.6 Å². The third-order valence-electron chi connectivity index (χ3n) is 1.55. The summed E-state index contributed by atoms with van der Waals surface area (Å²) in [5, 5.41) is 0. The van der Waals surface area contributed by atoms with E-state index in [0.717, 1.165) is 0 Å². The first-order chi connectivity index (χ1) is 6.65. The van der Waals surface area contributed by atoms with Gasteiger partial charge in [0, 0.05) is 6.42 Å². The van der Waals surface area contributed by atoms with Gasteiger partial charge in [-0.25, -0.2) is 8.78 Å². The van der Waals surface area contributed by atoms with Crippen LogP contribution in [0.4, 0.5) is 8.78 Å². The minimum absolute atomic E-state index is 0.176. The van der Waals surface area contributed by atoms with Crippen molar-refractivity contribution < 1.29 is 13.6 Å². The Labute approximate surface area is 88.6 Å². The maximum atomic E-state index is 13.0. The number of rotatable bonds is 3. The van der Waals surface area contributed by atoms with E-state index >= 15 is 0 Å². The topological polar surface area (TPSA) is 17.1 Å². The Balaban J connectivity index is 2.95. The lowest BCUT2D eigenvalue weighted by Gasteiger charge is -1.98. The van der Waals surface area contributed by atoms with Gasteiger partial charge in [-0.15, -0.1) is 0 Å². The molecule has 0 N–H and O–H groups in total. The molecule has 1 nitrogen and oxygen atoms in total. The summed E-state index contributed by atoms with van der Waals surface area (Å²) in [6, 6.07) is 2.38. The van der Waals surface area contributed by atoms with E-state index in [1.54, 1.807) is 0 Å². The maximum absolute atomic E-state index is 13.0. The number of halogens is 3. The molecule has 0 amide bonds. The largest absolute Gasteiger partial charge is 0.303 e. The molecule has 0 aliphatic heterocycles. The molecule has 0 aromatic heterocycles. The van der Waals surface area contributed by atoms with Gasteiger partial charge in [0.25, 0.3) is 0 Å². The summed E-state index contributed by atoms with van der Waals surface area (Å²) in [4.78, 5) is 9.98. The highest BCUT2D eigenvalue weighted by Crippen LogP contribution is 2.21. The molecule has 0 bridgehead atoms. The summed E-state index contributed by atoms with van der Waals surface area (Å²) < 4.78 is 25.7. The van der Waals surface area contributed by atoms with Gasteiger partial charge >= 0.3 is 0 Å². The summed E-state index contributed by atoms with van der Waals surface area (Å²) in [6.45, 7) is 0. The molecular weight excluding hydrogens is 254 g/mol. The fraction of sp³-hybridized carbons (Fsp3) is 0.100. The van der Waals surface area contributed by atoms with Gasteiger partial charge in [-0.2, -0.15) is 0 Å². The number of aldehydes is 1. The van der Waals surface area contributed by atoms with Crippen molar-refractivity contribution in [2.45, 2.75) is 6.42 Å². The van der Waals surface area contributed by atoms with Crippen molar-refractivity contribution in [1.82, 2.24) is 0 Å². The lowest BCUT2D eigenvalue weighted by molar-refractivity contribution is -0.107. The molecule has 0 unspecified atom stereocenters. The van der Waals surface area contributed by atoms with Crippen molar-refractivity contribution in [2.75, 3.05) is 0 Å². The third-order valence-corrected chi connectivity index (χ3v) is 2.31. The second kappa shape index (κ2) is 5.00. The molecule has 0 saturated carbocycles. The zero-order valence-electron chi connectivity index (χ0n) is 7.14. The minimum Gasteiger partial charge on any atom is -0.303 e. The SMILES string of the molecule is O=CCC=Cc1cc(F)c(Br)c(F)c1. The summed E-state index contributed by atoms with van der Waals surface area (Å²) in [7, 11) is 0. The Hall–Kier alpha value is -1.03. The fourth-order valence-electron chi connectivity index (χ4n) is 0.931. The van der Waals surface area contributed by atoms with Crippen LogP contribution in [0.1, 0.15) is 12.0 Å². The van der Waals surface area contributed by atoms with Crippen LogP contribution >= 0.6 is 15.9 Å². The van der Waals surface area contributed by atoms with Gasteiger partial charge in [0.15, 0.2) is 0 Å². The summed E-state index contributed by atoms with van der Waals surface area (Å²) in [5.74, 6) is -1.31. The predicted molar refractivity (Wildman–Crippen MR) is 53.8 cm³/mol. The molecule has 0 atom stereocenters. The van der Waals surface area contributed by atoms with Crippen LogP contribution in [-0.4, -0.2) is 6.29 Å². The zero-order chi connectivity index (χ0) is 10.6. The molecule has 0 saturated heterocycles. The van der Waals surface area contributed by atoms with Crippen LogP contribution in [0, 0.1) is 11.6 Å². The average Bonchev–Trinajstić information content (AvgIpc) is 2.14. The molecule has 74 valence electrons. The van der Waals surface area contributed by atoms with Gasteiger partial charge < -0.3 is 4.79 Å². The van der Waals surface area contributed by atoms with Crippen molar-refractivity contribution in [1.29, 1.82) is 0 Å². The normalized spacial score (nSPS) is 10.8. The van der Waals surface area contributed by atoms with Crippen molar-refractivity contribution in [3.8, 4) is 0 Å². The molecule has 1 rings (SSSR count). The van der Waals surface area contributed by atoms with Crippen LogP contribution in [-0.2, 0) is 4.79 Å². The Morgan fingerprint density at radius 2 is 1.86 bits per heavy atom. The van der Waals surface area contributed by atoms with E-state index in [0.29, 0.717) is 11.8 Å². The van der Waals surface area contributed by atoms with Gasteiger partial charge in [-0.1, -0.05) is 12.2 Å². The molecule has 0 aliphatic carbocycles. The van der Waals surface area contributed by atoms with Gasteiger partial charge in [0.1, 0.15) is 17.9 Å². The maximum Gasteiger partial charge on any atom is 0.140 e. The quantitative estimate of drug-likeness (QED) is 0.602. The molecule has 1 aromatic rings. The lowest BCUT2D eigenvalue weighted by Crippen LogP contribution is -1.86. The summed E-state index contributed by atoms with van der Waals surface area (Å²) in [6.07, 6.45) is 3.98. The summed E-state index contributed by atoms with van der Waals surface area (Å²) in [5.41, 5.74) is 0.394. The standard InChI is InChI=1S/C10H7BrF2O/c11-10-8(12)5-7(6-9(10)13)3-1-2-4-14/h1,3-6H,2H2. The minimum atomic E-state index is -0.657. The third kappa shape index (κ3) is 2.73. The molecular formula is C10H7BrF2O. The van der Waals surface area contributed by atoms with E-state index in [-0.39, 0.29) is 10.9 Å². The Morgan fingerprint density at radius 1 is 1.29 bits per heavy atom. The first kappa shape index (κ1) is 11.0. The van der Waals surface area contributed by atoms with Crippen LogP contribution in [0.5, 0.6) is 0 Å². The molecule has 0 aliphatic rings. The van der Waals surface area contributed by atoms with Crippen LogP contribution < -0.4 is 0 Å². The molecule has 0 heterocycles. The Bertz CT molecular complexity index is 351. The fourth-order valence-corrected chi connectivity index (χ4v) is 1.16. The second-order valence-corrected chi connectivity index (χ2v) is 3.40. The number of benzene rings is 1. The smallest absolute Gasteiger partial charge is 0.140 e. The molecule has 14 heavy (non-hydrogen) atoms. The highest BCUT2D eigenvalue weighted by atomic mass is 79.9. The highest BCUT2D eigenvalue weighted by Gasteiger charge is 2.06. The van der Waals surface area contributed by atoms with Crippen molar-refractivity contribution >= 4 is 28.3 Å². The van der Waals surface area contributed by atoms with Crippen LogP contribution in [0.2, 0.25) is 0 Å². The van der Waals surface area contributed by atoms with Crippen LogP contribution in [0.25, 0.3) is 6.08 Å².